The van der Waals surface area contributed by atoms with Crippen LogP contribution in [0.25, 0.3) is 0 Å². The zero-order chi connectivity index (χ0) is 28.5. The van der Waals surface area contributed by atoms with Gasteiger partial charge in [0.05, 0.1) is 11.5 Å². The molecule has 0 bridgehead atoms. The van der Waals surface area contributed by atoms with Crippen LogP contribution in [0.15, 0.2) is 24.7 Å². The third-order valence-electron chi connectivity index (χ3n) is 8.03. The van der Waals surface area contributed by atoms with Crippen molar-refractivity contribution in [2.45, 2.75) is 75.9 Å². The molecule has 1 aliphatic heterocycles. The standard InChI is InChI=1S/C29H41FN6O4/c1-20-24(17-31-19-33-20)29(11-12-29)28(39)35-25(27(37)38)10-15-36(18-23(16-30)40-2)14-4-3-7-22-9-8-21-6-5-13-32-26(21)34-22/h8-9,17,19,23,25H,3-7,10-16,18H2,1-2H3,(H,32,34)(H,35,39)(H,37,38). The molecule has 1 fully saturated rings. The minimum Gasteiger partial charge on any atom is -0.480 e. The van der Waals surface area contributed by atoms with E-state index < -0.39 is 30.2 Å². The summed E-state index contributed by atoms with van der Waals surface area (Å²) in [6.45, 7) is 3.55. The second-order valence-corrected chi connectivity index (χ2v) is 10.9. The molecule has 4 rings (SSSR count). The number of carboxylic acid groups (broad SMARTS) is 1. The number of halogens is 1. The summed E-state index contributed by atoms with van der Waals surface area (Å²) in [5.74, 6) is -0.415. The van der Waals surface area contributed by atoms with Crippen LogP contribution in [0.1, 0.15) is 61.0 Å². The number of nitrogens with zero attached hydrogens (tertiary/aromatic N) is 4. The van der Waals surface area contributed by atoms with E-state index in [1.54, 1.807) is 6.20 Å². The van der Waals surface area contributed by atoms with Gasteiger partial charge in [0.1, 0.15) is 24.9 Å². The zero-order valence-electron chi connectivity index (χ0n) is 23.5. The fraction of sp³-hybridized carbons (Fsp3) is 0.621. The van der Waals surface area contributed by atoms with Gasteiger partial charge in [-0.1, -0.05) is 6.07 Å². The molecule has 2 aromatic rings. The van der Waals surface area contributed by atoms with Gasteiger partial charge in [-0.3, -0.25) is 4.79 Å². The van der Waals surface area contributed by atoms with Crippen molar-refractivity contribution in [1.82, 2.24) is 25.2 Å². The van der Waals surface area contributed by atoms with Crippen molar-refractivity contribution in [3.05, 3.63) is 47.2 Å². The molecule has 2 unspecified atom stereocenters. The molecule has 2 atom stereocenters. The Kier molecular flexibility index (Phi) is 10.4. The van der Waals surface area contributed by atoms with Gasteiger partial charge in [0, 0.05) is 49.9 Å². The Morgan fingerprint density at radius 1 is 1.27 bits per heavy atom. The number of ether oxygens (including phenoxy) is 1. The molecule has 3 heterocycles. The molecule has 0 radical (unpaired) electrons. The number of hydrogen-bond donors (Lipinski definition) is 3. The van der Waals surface area contributed by atoms with Crippen molar-refractivity contribution >= 4 is 17.7 Å². The van der Waals surface area contributed by atoms with Crippen LogP contribution in [0.5, 0.6) is 0 Å². The molecule has 218 valence electrons. The van der Waals surface area contributed by atoms with E-state index in [0.717, 1.165) is 61.4 Å². The summed E-state index contributed by atoms with van der Waals surface area (Å²) >= 11 is 0. The summed E-state index contributed by atoms with van der Waals surface area (Å²) in [6.07, 6.45) is 8.70. The van der Waals surface area contributed by atoms with E-state index in [9.17, 15) is 19.1 Å². The number of hydrogen-bond acceptors (Lipinski definition) is 8. The lowest BCUT2D eigenvalue weighted by Crippen LogP contribution is -2.48. The molecule has 0 saturated heterocycles. The topological polar surface area (TPSA) is 130 Å². The first-order chi connectivity index (χ1) is 19.4. The van der Waals surface area contributed by atoms with Crippen molar-refractivity contribution < 1.29 is 23.8 Å². The highest BCUT2D eigenvalue weighted by atomic mass is 19.1. The van der Waals surface area contributed by atoms with Gasteiger partial charge < -0.3 is 25.4 Å². The number of amides is 1. The van der Waals surface area contributed by atoms with Gasteiger partial charge >= 0.3 is 5.97 Å². The summed E-state index contributed by atoms with van der Waals surface area (Å²) in [4.78, 5) is 40.4. The van der Waals surface area contributed by atoms with Crippen molar-refractivity contribution in [2.24, 2.45) is 0 Å². The van der Waals surface area contributed by atoms with Crippen LogP contribution in [-0.2, 0) is 32.6 Å². The molecule has 1 aliphatic carbocycles. The van der Waals surface area contributed by atoms with E-state index in [0.29, 0.717) is 32.5 Å². The maximum absolute atomic E-state index is 13.5. The number of methoxy groups -OCH3 is 1. The van der Waals surface area contributed by atoms with Gasteiger partial charge in [-0.25, -0.2) is 24.1 Å². The van der Waals surface area contributed by atoms with Crippen molar-refractivity contribution in [1.29, 1.82) is 0 Å². The van der Waals surface area contributed by atoms with E-state index in [-0.39, 0.29) is 12.3 Å². The highest BCUT2D eigenvalue weighted by Gasteiger charge is 2.53. The third-order valence-corrected chi connectivity index (χ3v) is 8.03. The Bertz CT molecular complexity index is 1160. The quantitative estimate of drug-likeness (QED) is 0.267. The third kappa shape index (κ3) is 7.51. The molecule has 2 aliphatic rings. The Balaban J connectivity index is 1.32. The zero-order valence-corrected chi connectivity index (χ0v) is 23.5. The fourth-order valence-corrected chi connectivity index (χ4v) is 5.39. The number of nitrogens with one attached hydrogen (secondary N) is 2. The average molecular weight is 557 g/mol. The van der Waals surface area contributed by atoms with Gasteiger partial charge in [-0.15, -0.1) is 0 Å². The number of carbonyl (C=O) groups excluding carboxylic acids is 1. The predicted molar refractivity (Wildman–Crippen MR) is 149 cm³/mol. The van der Waals surface area contributed by atoms with E-state index in [4.69, 9.17) is 9.72 Å². The summed E-state index contributed by atoms with van der Waals surface area (Å²) in [7, 11) is 1.48. The lowest BCUT2D eigenvalue weighted by Gasteiger charge is -2.27. The monoisotopic (exact) mass is 556 g/mol. The molecular formula is C29H41FN6O4. The van der Waals surface area contributed by atoms with E-state index >= 15 is 0 Å². The molecule has 11 heteroatoms. The maximum Gasteiger partial charge on any atom is 0.326 e. The number of fused-ring (bicyclic) bond motifs is 1. The number of alkyl halides is 1. The minimum absolute atomic E-state index is 0.197. The Morgan fingerprint density at radius 2 is 2.10 bits per heavy atom. The number of rotatable bonds is 16. The predicted octanol–water partition coefficient (Wildman–Crippen LogP) is 2.84. The average Bonchev–Trinajstić information content (AvgIpc) is 3.77. The molecule has 1 amide bonds. The van der Waals surface area contributed by atoms with Crippen LogP contribution in [-0.4, -0.2) is 88.9 Å². The van der Waals surface area contributed by atoms with Crippen LogP contribution in [0.3, 0.4) is 0 Å². The summed E-state index contributed by atoms with van der Waals surface area (Å²) < 4.78 is 18.7. The number of pyridine rings is 1. The highest BCUT2D eigenvalue weighted by Crippen LogP contribution is 2.49. The van der Waals surface area contributed by atoms with Gasteiger partial charge in [-0.2, -0.15) is 0 Å². The first-order valence-corrected chi connectivity index (χ1v) is 14.2. The smallest absolute Gasteiger partial charge is 0.326 e. The first-order valence-electron chi connectivity index (χ1n) is 14.2. The lowest BCUT2D eigenvalue weighted by molar-refractivity contribution is -0.142. The number of carboxylic acids is 1. The van der Waals surface area contributed by atoms with Crippen LogP contribution >= 0.6 is 0 Å². The summed E-state index contributed by atoms with van der Waals surface area (Å²) in [6, 6.07) is 3.18. The normalized spacial score (nSPS) is 17.0. The number of aromatic nitrogens is 3. The van der Waals surface area contributed by atoms with Crippen LogP contribution in [0, 0.1) is 6.92 Å². The number of anilines is 1. The molecule has 1 saturated carbocycles. The molecular weight excluding hydrogens is 515 g/mol. The number of unbranched alkanes of at least 4 members (excludes halogenated alkanes) is 1. The highest BCUT2D eigenvalue weighted by molar-refractivity contribution is 5.94. The van der Waals surface area contributed by atoms with E-state index in [2.05, 4.69) is 32.7 Å². The minimum atomic E-state index is -1.09. The molecule has 10 nitrogen and oxygen atoms in total. The van der Waals surface area contributed by atoms with E-state index in [1.807, 2.05) is 11.8 Å². The fourth-order valence-electron chi connectivity index (χ4n) is 5.39. The first kappa shape index (κ1) is 29.8. The second kappa shape index (κ2) is 13.9. The number of aryl methyl sites for hydroxylation is 3. The Morgan fingerprint density at radius 3 is 2.80 bits per heavy atom. The molecule has 0 aromatic carbocycles. The summed E-state index contributed by atoms with van der Waals surface area (Å²) in [5, 5.41) is 16.0. The molecule has 40 heavy (non-hydrogen) atoms. The molecule has 2 aromatic heterocycles. The van der Waals surface area contributed by atoms with E-state index in [1.165, 1.54) is 19.0 Å². The van der Waals surface area contributed by atoms with Crippen molar-refractivity contribution in [3.8, 4) is 0 Å². The lowest BCUT2D eigenvalue weighted by atomic mass is 9.94. The van der Waals surface area contributed by atoms with Crippen LogP contribution < -0.4 is 10.6 Å². The van der Waals surface area contributed by atoms with Gasteiger partial charge in [-0.05, 0) is 76.5 Å². The Labute approximate surface area is 235 Å². The summed E-state index contributed by atoms with van der Waals surface area (Å²) in [5.41, 5.74) is 3.00. The van der Waals surface area contributed by atoms with Crippen molar-refractivity contribution in [3.63, 3.8) is 0 Å². The van der Waals surface area contributed by atoms with Crippen LogP contribution in [0.4, 0.5) is 10.2 Å². The van der Waals surface area contributed by atoms with Crippen LogP contribution in [0.2, 0.25) is 0 Å². The van der Waals surface area contributed by atoms with Gasteiger partial charge in [0.2, 0.25) is 5.91 Å². The largest absolute Gasteiger partial charge is 0.480 e. The second-order valence-electron chi connectivity index (χ2n) is 10.9. The maximum atomic E-state index is 13.5. The molecule has 3 N–H and O–H groups in total. The Hall–Kier alpha value is -3.18. The molecule has 0 spiro atoms. The number of carbonyl (C=O) groups is 2. The SMILES string of the molecule is COC(CF)CN(CCCCc1ccc2c(n1)NCCC2)CCC(NC(=O)C1(c2cncnc2C)CC1)C(=O)O. The van der Waals surface area contributed by atoms with Crippen molar-refractivity contribution in [2.75, 3.05) is 45.3 Å². The van der Waals surface area contributed by atoms with Gasteiger partial charge in [0.15, 0.2) is 0 Å². The number of aliphatic carboxylic acids is 1. The van der Waals surface area contributed by atoms with Gasteiger partial charge in [0.25, 0.3) is 0 Å².